The molecule has 0 unspecified atom stereocenters. The minimum atomic E-state index is 0.219. The van der Waals surface area contributed by atoms with Crippen LogP contribution in [-0.4, -0.2) is 48.4 Å². The van der Waals surface area contributed by atoms with Crippen LogP contribution in [0.4, 0.5) is 0 Å². The fourth-order valence-electron chi connectivity index (χ4n) is 2.81. The first-order chi connectivity index (χ1) is 7.31. The Hall–Kier alpha value is -0.120. The minimum Gasteiger partial charge on any atom is -0.375 e. The third-order valence-electron chi connectivity index (χ3n) is 4.19. The lowest BCUT2D eigenvalue weighted by atomic mass is 9.79. The molecule has 2 saturated heterocycles. The molecule has 0 aromatic rings. The number of hydrogen-bond donors (Lipinski definition) is 0. The highest BCUT2D eigenvalue weighted by Crippen LogP contribution is 2.38. The molecule has 3 heteroatoms. The van der Waals surface area contributed by atoms with E-state index < -0.39 is 0 Å². The van der Waals surface area contributed by atoms with Crippen LogP contribution in [0.5, 0.6) is 0 Å². The van der Waals surface area contributed by atoms with Crippen molar-refractivity contribution in [1.82, 2.24) is 4.90 Å². The zero-order valence-corrected chi connectivity index (χ0v) is 11.2. The largest absolute Gasteiger partial charge is 0.375 e. The Kier molecular flexibility index (Phi) is 3.06. The van der Waals surface area contributed by atoms with Crippen molar-refractivity contribution < 1.29 is 9.47 Å². The third kappa shape index (κ3) is 2.58. The zero-order valence-electron chi connectivity index (χ0n) is 11.2. The number of rotatable bonds is 3. The lowest BCUT2D eigenvalue weighted by molar-refractivity contribution is -0.0933. The molecule has 0 aromatic heterocycles. The van der Waals surface area contributed by atoms with Gasteiger partial charge in [-0.1, -0.05) is 0 Å². The van der Waals surface area contributed by atoms with E-state index in [1.807, 2.05) is 0 Å². The van der Waals surface area contributed by atoms with Crippen LogP contribution >= 0.6 is 0 Å². The van der Waals surface area contributed by atoms with Gasteiger partial charge in [0.05, 0.1) is 19.3 Å². The first-order valence-electron chi connectivity index (χ1n) is 6.28. The molecule has 2 fully saturated rings. The van der Waals surface area contributed by atoms with Crippen molar-refractivity contribution in [3.05, 3.63) is 0 Å². The van der Waals surface area contributed by atoms with Gasteiger partial charge in [0.2, 0.25) is 0 Å². The number of hydrogen-bond acceptors (Lipinski definition) is 3. The molecule has 2 aliphatic heterocycles. The van der Waals surface area contributed by atoms with E-state index in [4.69, 9.17) is 9.47 Å². The van der Waals surface area contributed by atoms with Crippen LogP contribution < -0.4 is 0 Å². The summed E-state index contributed by atoms with van der Waals surface area (Å²) < 4.78 is 11.2. The molecule has 0 saturated carbocycles. The number of epoxide rings is 1. The van der Waals surface area contributed by atoms with E-state index >= 15 is 0 Å². The maximum absolute atomic E-state index is 5.97. The highest BCUT2D eigenvalue weighted by molar-refractivity contribution is 4.99. The molecule has 0 aromatic carbocycles. The second-order valence-electron chi connectivity index (χ2n) is 6.50. The summed E-state index contributed by atoms with van der Waals surface area (Å²) in [7, 11) is 2.22. The molecule has 16 heavy (non-hydrogen) atoms. The van der Waals surface area contributed by atoms with Crippen molar-refractivity contribution in [3.8, 4) is 0 Å². The molecule has 0 spiro atoms. The zero-order chi connectivity index (χ0) is 12.0. The Balaban J connectivity index is 1.94. The number of piperidine rings is 1. The summed E-state index contributed by atoms with van der Waals surface area (Å²) >= 11 is 0. The lowest BCUT2D eigenvalue weighted by Crippen LogP contribution is -2.60. The summed E-state index contributed by atoms with van der Waals surface area (Å²) in [4.78, 5) is 2.48. The van der Waals surface area contributed by atoms with Gasteiger partial charge in [-0.25, -0.2) is 0 Å². The molecular formula is C13H25NO2. The monoisotopic (exact) mass is 227 g/mol. The molecule has 0 aliphatic carbocycles. The van der Waals surface area contributed by atoms with Crippen molar-refractivity contribution in [3.63, 3.8) is 0 Å². The Morgan fingerprint density at radius 2 is 1.69 bits per heavy atom. The third-order valence-corrected chi connectivity index (χ3v) is 4.19. The Bertz CT molecular complexity index is 241. The van der Waals surface area contributed by atoms with E-state index in [-0.39, 0.29) is 11.1 Å². The van der Waals surface area contributed by atoms with Gasteiger partial charge >= 0.3 is 0 Å². The molecule has 2 rings (SSSR count). The van der Waals surface area contributed by atoms with Crippen molar-refractivity contribution in [1.29, 1.82) is 0 Å². The van der Waals surface area contributed by atoms with E-state index in [2.05, 4.69) is 39.6 Å². The maximum Gasteiger partial charge on any atom is 0.104 e. The van der Waals surface area contributed by atoms with Gasteiger partial charge in [0.1, 0.15) is 6.10 Å². The molecule has 0 bridgehead atoms. The number of likely N-dealkylation sites (tertiary alicyclic amines) is 1. The highest BCUT2D eigenvalue weighted by Gasteiger charge is 2.43. The average Bonchev–Trinajstić information content (AvgIpc) is 2.93. The van der Waals surface area contributed by atoms with Gasteiger partial charge in [-0.05, 0) is 47.6 Å². The average molecular weight is 227 g/mol. The van der Waals surface area contributed by atoms with Gasteiger partial charge in [0.15, 0.2) is 0 Å². The summed E-state index contributed by atoms with van der Waals surface area (Å²) in [5.74, 6) is 0. The fraction of sp³-hybridized carbons (Fsp3) is 1.00. The molecule has 0 N–H and O–H groups in total. The molecule has 2 heterocycles. The summed E-state index contributed by atoms with van der Waals surface area (Å²) in [5, 5.41) is 0. The van der Waals surface area contributed by atoms with Gasteiger partial charge in [-0.3, -0.25) is 4.90 Å². The van der Waals surface area contributed by atoms with Gasteiger partial charge in [-0.2, -0.15) is 0 Å². The molecular weight excluding hydrogens is 202 g/mol. The van der Waals surface area contributed by atoms with Crippen molar-refractivity contribution >= 4 is 0 Å². The van der Waals surface area contributed by atoms with E-state index in [0.717, 1.165) is 26.1 Å². The van der Waals surface area contributed by atoms with E-state index in [9.17, 15) is 0 Å². The summed E-state index contributed by atoms with van der Waals surface area (Å²) in [6.07, 6.45) is 2.98. The second kappa shape index (κ2) is 3.97. The highest BCUT2D eigenvalue weighted by atomic mass is 16.6. The number of nitrogens with zero attached hydrogens (tertiary/aromatic N) is 1. The minimum absolute atomic E-state index is 0.219. The van der Waals surface area contributed by atoms with Crippen LogP contribution in [0.1, 0.15) is 40.5 Å². The quantitative estimate of drug-likeness (QED) is 0.690. The van der Waals surface area contributed by atoms with Gasteiger partial charge in [0.25, 0.3) is 0 Å². The predicted molar refractivity (Wildman–Crippen MR) is 64.6 cm³/mol. The Morgan fingerprint density at radius 3 is 2.12 bits per heavy atom. The van der Waals surface area contributed by atoms with Crippen LogP contribution in [-0.2, 0) is 9.47 Å². The second-order valence-corrected chi connectivity index (χ2v) is 6.50. The fourth-order valence-corrected chi connectivity index (χ4v) is 2.81. The van der Waals surface area contributed by atoms with E-state index in [0.29, 0.717) is 12.2 Å². The van der Waals surface area contributed by atoms with E-state index in [1.54, 1.807) is 0 Å². The topological polar surface area (TPSA) is 25.0 Å². The van der Waals surface area contributed by atoms with Crippen LogP contribution in [0, 0.1) is 0 Å². The first-order valence-corrected chi connectivity index (χ1v) is 6.28. The van der Waals surface area contributed by atoms with Crippen LogP contribution in [0.3, 0.4) is 0 Å². The van der Waals surface area contributed by atoms with Gasteiger partial charge in [-0.15, -0.1) is 0 Å². The molecule has 3 nitrogen and oxygen atoms in total. The lowest BCUT2D eigenvalue weighted by Gasteiger charge is -2.53. The smallest absolute Gasteiger partial charge is 0.104 e. The van der Waals surface area contributed by atoms with Crippen LogP contribution in [0.2, 0.25) is 0 Å². The Labute approximate surface area is 99.1 Å². The number of ether oxygens (including phenoxy) is 2. The molecule has 2 aliphatic rings. The van der Waals surface area contributed by atoms with Crippen LogP contribution in [0.25, 0.3) is 0 Å². The van der Waals surface area contributed by atoms with Crippen molar-refractivity contribution in [2.45, 2.75) is 63.8 Å². The summed E-state index contributed by atoms with van der Waals surface area (Å²) in [5.41, 5.74) is 0.438. The maximum atomic E-state index is 5.97. The molecule has 0 amide bonds. The summed E-state index contributed by atoms with van der Waals surface area (Å²) in [6.45, 7) is 10.9. The van der Waals surface area contributed by atoms with Crippen LogP contribution in [0.15, 0.2) is 0 Å². The summed E-state index contributed by atoms with van der Waals surface area (Å²) in [6, 6.07) is 0. The molecule has 94 valence electrons. The van der Waals surface area contributed by atoms with Crippen molar-refractivity contribution in [2.24, 2.45) is 0 Å². The van der Waals surface area contributed by atoms with Gasteiger partial charge < -0.3 is 9.47 Å². The molecule has 0 radical (unpaired) electrons. The molecule has 1 atom stereocenters. The predicted octanol–water partition coefficient (Wildman–Crippen LogP) is 2.05. The Morgan fingerprint density at radius 1 is 1.19 bits per heavy atom. The SMILES string of the molecule is CN1C(C)(C)CC(OC[C@@H]2CO2)CC1(C)C. The van der Waals surface area contributed by atoms with Gasteiger partial charge in [0, 0.05) is 11.1 Å². The first kappa shape index (κ1) is 12.3. The standard InChI is InChI=1S/C13H25NO2/c1-12(2)6-10(15-8-11-9-16-11)7-13(3,4)14(12)5/h10-11H,6-9H2,1-5H3/t11-/m1/s1. The van der Waals surface area contributed by atoms with Crippen molar-refractivity contribution in [2.75, 3.05) is 20.3 Å². The normalized spacial score (nSPS) is 33.9. The van der Waals surface area contributed by atoms with E-state index in [1.165, 1.54) is 0 Å².